The van der Waals surface area contributed by atoms with E-state index in [1.54, 1.807) is 6.20 Å². The first-order valence-electron chi connectivity index (χ1n) is 5.56. The molecule has 4 heteroatoms. The SMILES string of the molecule is O=Cc1nccn1CC1CSc2ccccc21. The van der Waals surface area contributed by atoms with E-state index < -0.39 is 0 Å². The van der Waals surface area contributed by atoms with Gasteiger partial charge in [0.2, 0.25) is 0 Å². The molecule has 0 bridgehead atoms. The first-order valence-corrected chi connectivity index (χ1v) is 6.55. The van der Waals surface area contributed by atoms with Crippen LogP contribution in [0, 0.1) is 0 Å². The maximum Gasteiger partial charge on any atom is 0.185 e. The number of hydrogen-bond donors (Lipinski definition) is 0. The van der Waals surface area contributed by atoms with E-state index in [1.165, 1.54) is 10.5 Å². The predicted octanol–water partition coefficient (Wildman–Crippen LogP) is 2.59. The molecule has 0 N–H and O–H groups in total. The lowest BCUT2D eigenvalue weighted by Gasteiger charge is -2.12. The molecule has 1 unspecified atom stereocenters. The molecule has 2 aromatic rings. The number of hydrogen-bond acceptors (Lipinski definition) is 3. The van der Waals surface area contributed by atoms with Crippen LogP contribution in [0.5, 0.6) is 0 Å². The van der Waals surface area contributed by atoms with Crippen molar-refractivity contribution in [2.45, 2.75) is 17.4 Å². The number of benzene rings is 1. The summed E-state index contributed by atoms with van der Waals surface area (Å²) in [6.07, 6.45) is 4.36. The minimum atomic E-state index is 0.476. The van der Waals surface area contributed by atoms with Gasteiger partial charge in [-0.3, -0.25) is 4.79 Å². The Morgan fingerprint density at radius 2 is 2.35 bits per heavy atom. The Balaban J connectivity index is 1.86. The minimum Gasteiger partial charge on any atom is -0.328 e. The zero-order valence-electron chi connectivity index (χ0n) is 9.24. The Morgan fingerprint density at radius 3 is 3.24 bits per heavy atom. The number of carbonyl (C=O) groups is 1. The monoisotopic (exact) mass is 244 g/mol. The summed E-state index contributed by atoms with van der Waals surface area (Å²) in [7, 11) is 0. The molecule has 1 aliphatic rings. The van der Waals surface area contributed by atoms with E-state index in [4.69, 9.17) is 0 Å². The van der Waals surface area contributed by atoms with Gasteiger partial charge in [0.15, 0.2) is 12.1 Å². The molecule has 86 valence electrons. The molecule has 0 amide bonds. The van der Waals surface area contributed by atoms with Crippen molar-refractivity contribution in [3.8, 4) is 0 Å². The topological polar surface area (TPSA) is 34.9 Å². The number of thioether (sulfide) groups is 1. The van der Waals surface area contributed by atoms with E-state index in [9.17, 15) is 4.79 Å². The van der Waals surface area contributed by atoms with Crippen molar-refractivity contribution >= 4 is 18.0 Å². The van der Waals surface area contributed by atoms with E-state index >= 15 is 0 Å². The summed E-state index contributed by atoms with van der Waals surface area (Å²) in [4.78, 5) is 16.2. The van der Waals surface area contributed by atoms with Gasteiger partial charge in [0.25, 0.3) is 0 Å². The number of nitrogens with zero attached hydrogens (tertiary/aromatic N) is 2. The standard InChI is InChI=1S/C13H12N2OS/c16-8-13-14-5-6-15(13)7-10-9-17-12-4-2-1-3-11(10)12/h1-6,8,10H,7,9H2. The molecule has 0 saturated carbocycles. The van der Waals surface area contributed by atoms with Crippen LogP contribution in [0.3, 0.4) is 0 Å². The largest absolute Gasteiger partial charge is 0.328 e. The quantitative estimate of drug-likeness (QED) is 0.778. The third-order valence-electron chi connectivity index (χ3n) is 3.07. The summed E-state index contributed by atoms with van der Waals surface area (Å²) in [6.45, 7) is 0.831. The van der Waals surface area contributed by atoms with Crippen molar-refractivity contribution in [3.63, 3.8) is 0 Å². The molecule has 0 fully saturated rings. The fraction of sp³-hybridized carbons (Fsp3) is 0.231. The molecule has 1 aromatic carbocycles. The zero-order valence-corrected chi connectivity index (χ0v) is 10.1. The number of rotatable bonds is 3. The highest BCUT2D eigenvalue weighted by atomic mass is 32.2. The van der Waals surface area contributed by atoms with Gasteiger partial charge in [-0.05, 0) is 11.6 Å². The summed E-state index contributed by atoms with van der Waals surface area (Å²) in [5.41, 5.74) is 1.39. The molecule has 1 atom stereocenters. The van der Waals surface area contributed by atoms with Crippen LogP contribution in [0.2, 0.25) is 0 Å². The molecule has 1 aromatic heterocycles. The smallest absolute Gasteiger partial charge is 0.185 e. The molecule has 3 rings (SSSR count). The van der Waals surface area contributed by atoms with Crippen molar-refractivity contribution in [1.29, 1.82) is 0 Å². The van der Waals surface area contributed by atoms with Crippen LogP contribution in [-0.2, 0) is 6.54 Å². The molecular weight excluding hydrogens is 232 g/mol. The van der Waals surface area contributed by atoms with Crippen molar-refractivity contribution in [2.75, 3.05) is 5.75 Å². The Hall–Kier alpha value is -1.55. The minimum absolute atomic E-state index is 0.476. The maximum atomic E-state index is 10.8. The second-order valence-corrected chi connectivity index (χ2v) is 5.16. The highest BCUT2D eigenvalue weighted by Crippen LogP contribution is 2.40. The van der Waals surface area contributed by atoms with Gasteiger partial charge in [0.1, 0.15) is 0 Å². The van der Waals surface area contributed by atoms with Crippen LogP contribution in [0.1, 0.15) is 22.1 Å². The van der Waals surface area contributed by atoms with E-state index in [1.807, 2.05) is 22.5 Å². The van der Waals surface area contributed by atoms with Crippen molar-refractivity contribution in [3.05, 3.63) is 48.0 Å². The highest BCUT2D eigenvalue weighted by Gasteiger charge is 2.23. The van der Waals surface area contributed by atoms with Crippen LogP contribution in [0.4, 0.5) is 0 Å². The molecule has 17 heavy (non-hydrogen) atoms. The van der Waals surface area contributed by atoms with E-state index in [-0.39, 0.29) is 0 Å². The third kappa shape index (κ3) is 1.89. The lowest BCUT2D eigenvalue weighted by Crippen LogP contribution is -2.10. The lowest BCUT2D eigenvalue weighted by atomic mass is 10.0. The fourth-order valence-electron chi connectivity index (χ4n) is 2.21. The normalized spacial score (nSPS) is 18.0. The summed E-state index contributed by atoms with van der Waals surface area (Å²) in [5.74, 6) is 2.07. The van der Waals surface area contributed by atoms with Crippen LogP contribution in [-0.4, -0.2) is 21.6 Å². The van der Waals surface area contributed by atoms with Crippen LogP contribution >= 0.6 is 11.8 Å². The number of aldehydes is 1. The van der Waals surface area contributed by atoms with Gasteiger partial charge in [0, 0.05) is 35.5 Å². The van der Waals surface area contributed by atoms with Gasteiger partial charge in [-0.25, -0.2) is 4.98 Å². The number of carbonyl (C=O) groups excluding carboxylic acids is 1. The third-order valence-corrected chi connectivity index (χ3v) is 4.32. The van der Waals surface area contributed by atoms with Gasteiger partial charge in [0.05, 0.1) is 0 Å². The zero-order chi connectivity index (χ0) is 11.7. The highest BCUT2D eigenvalue weighted by molar-refractivity contribution is 7.99. The van der Waals surface area contributed by atoms with Gasteiger partial charge in [-0.1, -0.05) is 18.2 Å². The number of fused-ring (bicyclic) bond motifs is 1. The first kappa shape index (κ1) is 10.6. The summed E-state index contributed by atoms with van der Waals surface area (Å²) in [6, 6.07) is 8.49. The molecule has 0 aliphatic carbocycles. The van der Waals surface area contributed by atoms with Crippen molar-refractivity contribution < 1.29 is 4.79 Å². The Labute approximate surface area is 104 Å². The number of imidazole rings is 1. The van der Waals surface area contributed by atoms with Gasteiger partial charge in [-0.2, -0.15) is 0 Å². The Bertz CT molecular complexity index is 550. The molecule has 0 spiro atoms. The van der Waals surface area contributed by atoms with Crippen molar-refractivity contribution in [1.82, 2.24) is 9.55 Å². The summed E-state index contributed by atoms with van der Waals surface area (Å²) in [5, 5.41) is 0. The summed E-state index contributed by atoms with van der Waals surface area (Å²) < 4.78 is 1.93. The molecule has 3 nitrogen and oxygen atoms in total. The van der Waals surface area contributed by atoms with Gasteiger partial charge >= 0.3 is 0 Å². The van der Waals surface area contributed by atoms with Crippen LogP contribution in [0.15, 0.2) is 41.6 Å². The van der Waals surface area contributed by atoms with Crippen LogP contribution in [0.25, 0.3) is 0 Å². The lowest BCUT2D eigenvalue weighted by molar-refractivity contribution is 0.111. The molecule has 0 radical (unpaired) electrons. The maximum absolute atomic E-state index is 10.8. The Kier molecular flexibility index (Phi) is 2.73. The van der Waals surface area contributed by atoms with Crippen LogP contribution < -0.4 is 0 Å². The molecule has 1 aliphatic heterocycles. The molecule has 0 saturated heterocycles. The van der Waals surface area contributed by atoms with Gasteiger partial charge < -0.3 is 4.57 Å². The van der Waals surface area contributed by atoms with E-state index in [0.717, 1.165) is 18.6 Å². The fourth-order valence-corrected chi connectivity index (χ4v) is 3.45. The number of aromatic nitrogens is 2. The van der Waals surface area contributed by atoms with E-state index in [2.05, 4.69) is 29.2 Å². The first-order chi connectivity index (χ1) is 8.38. The average Bonchev–Trinajstić information content (AvgIpc) is 2.97. The Morgan fingerprint density at radius 1 is 1.47 bits per heavy atom. The second-order valence-electron chi connectivity index (χ2n) is 4.10. The van der Waals surface area contributed by atoms with E-state index in [0.29, 0.717) is 11.7 Å². The molecule has 2 heterocycles. The second kappa shape index (κ2) is 4.37. The average molecular weight is 244 g/mol. The summed E-state index contributed by atoms with van der Waals surface area (Å²) >= 11 is 1.89. The predicted molar refractivity (Wildman–Crippen MR) is 67.5 cm³/mol. The van der Waals surface area contributed by atoms with Gasteiger partial charge in [-0.15, -0.1) is 11.8 Å². The molecular formula is C13H12N2OS. The van der Waals surface area contributed by atoms with Crippen molar-refractivity contribution in [2.24, 2.45) is 0 Å².